The van der Waals surface area contributed by atoms with E-state index in [-0.39, 0.29) is 11.5 Å². The number of halogens is 2. The Kier molecular flexibility index (Phi) is 19.2. The van der Waals surface area contributed by atoms with Crippen molar-refractivity contribution in [1.29, 1.82) is 0 Å². The van der Waals surface area contributed by atoms with Crippen molar-refractivity contribution >= 4 is 29.7 Å². The van der Waals surface area contributed by atoms with Gasteiger partial charge in [0.05, 0.1) is 0 Å². The second-order valence-electron chi connectivity index (χ2n) is 7.32. The predicted molar refractivity (Wildman–Crippen MR) is 153 cm³/mol. The molecule has 0 N–H and O–H groups in total. The van der Waals surface area contributed by atoms with Crippen LogP contribution in [0.3, 0.4) is 0 Å². The number of ether oxygens (including phenoxy) is 1. The number of ketones is 1. The van der Waals surface area contributed by atoms with Gasteiger partial charge < -0.3 is 9.73 Å². The summed E-state index contributed by atoms with van der Waals surface area (Å²) in [5, 5.41) is 0. The number of carbonyl (C=O) groups is 1. The van der Waals surface area contributed by atoms with Crippen LogP contribution in [0, 0.1) is 0 Å². The Balaban J connectivity index is 0. The highest BCUT2D eigenvalue weighted by Crippen LogP contribution is 2.19. The molecule has 0 saturated heterocycles. The van der Waals surface area contributed by atoms with Gasteiger partial charge in [0.1, 0.15) is 5.76 Å². The normalized spacial score (nSPS) is 9.92. The first-order chi connectivity index (χ1) is 17.1. The number of benzene rings is 2. The fourth-order valence-electron chi connectivity index (χ4n) is 2.79. The third kappa shape index (κ3) is 12.9. The molecule has 6 heteroatoms. The molecule has 36 heavy (non-hydrogen) atoms. The number of hydrogen-bond donors (Lipinski definition) is 0. The molecule has 0 amide bonds. The van der Waals surface area contributed by atoms with Crippen LogP contribution in [0.15, 0.2) is 65.6 Å². The van der Waals surface area contributed by atoms with Gasteiger partial charge in [-0.3, -0.25) is 9.79 Å². The number of nitrogens with zero attached hydrogens (tertiary/aromatic N) is 2. The maximum Gasteiger partial charge on any atom is 0.312 e. The third-order valence-electron chi connectivity index (χ3n) is 4.68. The number of carbonyl (C=O) groups excluding carboxylic acids is 1. The Morgan fingerprint density at radius 2 is 1.44 bits per heavy atom. The molecule has 0 aliphatic heterocycles. The minimum Gasteiger partial charge on any atom is -0.438 e. The number of allylic oxidation sites excluding steroid dienone is 1. The molecule has 198 valence electrons. The first kappa shape index (κ1) is 34.8. The molecule has 0 atom stereocenters. The van der Waals surface area contributed by atoms with Crippen molar-refractivity contribution < 1.29 is 18.3 Å². The van der Waals surface area contributed by atoms with E-state index < -0.39 is 12.3 Å². The number of hydrogen-bond acceptors (Lipinski definition) is 4. The monoisotopic (exact) mass is 500 g/mol. The van der Waals surface area contributed by atoms with E-state index in [4.69, 9.17) is 4.74 Å². The minimum atomic E-state index is -2.73. The van der Waals surface area contributed by atoms with E-state index in [0.717, 1.165) is 35.1 Å². The van der Waals surface area contributed by atoms with Gasteiger partial charge in [-0.05, 0) is 50.1 Å². The number of alkyl halides is 2. The maximum absolute atomic E-state index is 12.4. The summed E-state index contributed by atoms with van der Waals surface area (Å²) in [6.07, 6.45) is -0.922. The van der Waals surface area contributed by atoms with Crippen LogP contribution in [0.5, 0.6) is 0 Å². The van der Waals surface area contributed by atoms with Crippen molar-refractivity contribution in [2.75, 3.05) is 14.1 Å². The lowest BCUT2D eigenvalue weighted by molar-refractivity contribution is 0.101. The quantitative estimate of drug-likeness (QED) is 0.166. The number of rotatable bonds is 7. The van der Waals surface area contributed by atoms with Crippen LogP contribution in [0.4, 0.5) is 8.78 Å². The SMILES string of the molecule is C=C(C)c1ccc(C(C)=O)c(CC)c1.C=C(OC(=NC)C(F)F)c1ccc(CC)cc1.C=NC.CC. The molecule has 0 spiro atoms. The first-order valence-corrected chi connectivity index (χ1v) is 11.9. The average molecular weight is 501 g/mol. The maximum atomic E-state index is 12.4. The molecule has 0 aromatic heterocycles. The Hall–Kier alpha value is -3.41. The summed E-state index contributed by atoms with van der Waals surface area (Å²) in [4.78, 5) is 17.9. The lowest BCUT2D eigenvalue weighted by Crippen LogP contribution is -2.13. The van der Waals surface area contributed by atoms with Crippen LogP contribution in [0.1, 0.15) is 74.2 Å². The van der Waals surface area contributed by atoms with Crippen molar-refractivity contribution in [2.24, 2.45) is 9.98 Å². The Bertz CT molecular complexity index is 995. The fraction of sp³-hybridized carbons (Fsp3) is 0.367. The molecule has 4 nitrogen and oxygen atoms in total. The smallest absolute Gasteiger partial charge is 0.312 e. The zero-order valence-corrected chi connectivity index (χ0v) is 23.1. The van der Waals surface area contributed by atoms with Gasteiger partial charge in [0.15, 0.2) is 5.78 Å². The molecule has 0 unspecified atom stereocenters. The van der Waals surface area contributed by atoms with Gasteiger partial charge in [0.25, 0.3) is 5.90 Å². The van der Waals surface area contributed by atoms with Crippen molar-refractivity contribution in [3.63, 3.8) is 0 Å². The second kappa shape index (κ2) is 19.8. The molecule has 2 aromatic carbocycles. The molecule has 0 bridgehead atoms. The minimum absolute atomic E-state index is 0.134. The van der Waals surface area contributed by atoms with Crippen LogP contribution in [-0.4, -0.2) is 38.9 Å². The van der Waals surface area contributed by atoms with Crippen molar-refractivity contribution in [1.82, 2.24) is 0 Å². The summed E-state index contributed by atoms with van der Waals surface area (Å²) in [6.45, 7) is 22.3. The van der Waals surface area contributed by atoms with Crippen molar-refractivity contribution in [2.45, 2.75) is 60.8 Å². The van der Waals surface area contributed by atoms with Crippen LogP contribution in [0.2, 0.25) is 0 Å². The highest BCUT2D eigenvalue weighted by molar-refractivity contribution is 5.96. The second-order valence-corrected chi connectivity index (χ2v) is 7.32. The average Bonchev–Trinajstić information content (AvgIpc) is 2.88. The zero-order valence-electron chi connectivity index (χ0n) is 23.1. The molecule has 0 aliphatic rings. The Labute approximate surface area is 216 Å². The van der Waals surface area contributed by atoms with E-state index in [0.29, 0.717) is 5.56 Å². The number of aryl methyl sites for hydroxylation is 2. The molecule has 0 aliphatic carbocycles. The van der Waals surface area contributed by atoms with Crippen LogP contribution in [0.25, 0.3) is 11.3 Å². The van der Waals surface area contributed by atoms with E-state index >= 15 is 0 Å². The van der Waals surface area contributed by atoms with Crippen molar-refractivity contribution in [3.05, 3.63) is 83.4 Å². The number of Topliss-reactive ketones (excluding diaryl/α,β-unsaturated/α-hetero) is 1. The van der Waals surface area contributed by atoms with E-state index in [2.05, 4.69) is 42.9 Å². The van der Waals surface area contributed by atoms with E-state index in [1.165, 1.54) is 12.6 Å². The van der Waals surface area contributed by atoms with Gasteiger partial charge in [-0.15, -0.1) is 0 Å². The largest absolute Gasteiger partial charge is 0.438 e. The zero-order chi connectivity index (χ0) is 28.3. The van der Waals surface area contributed by atoms with Crippen molar-refractivity contribution in [3.8, 4) is 0 Å². The summed E-state index contributed by atoms with van der Waals surface area (Å²) in [7, 11) is 2.90. The Morgan fingerprint density at radius 1 is 0.944 bits per heavy atom. The van der Waals surface area contributed by atoms with Crippen LogP contribution in [-0.2, 0) is 17.6 Å². The molecule has 0 heterocycles. The fourth-order valence-corrected chi connectivity index (χ4v) is 2.79. The van der Waals surface area contributed by atoms with E-state index in [1.54, 1.807) is 26.1 Å². The molecular weight excluding hydrogens is 458 g/mol. The molecule has 2 aromatic rings. The standard InChI is InChI=1S/C13H15F2NO.C13H16O.C2H5N.C2H6/c1-4-10-5-7-11(8-6-10)9(2)17-13(16-3)12(14)15;1-5-11-8-12(9(2)3)6-7-13(11)10(4)14;1-3-2;1-2/h5-8,12H,2,4H2,1,3H3;6-8H,2,5H2,1,3-4H3;1H2,2H3;1-2H3. The highest BCUT2D eigenvalue weighted by Gasteiger charge is 2.16. The summed E-state index contributed by atoms with van der Waals surface area (Å²) in [5.41, 5.74) is 5.93. The summed E-state index contributed by atoms with van der Waals surface area (Å²) in [5.74, 6) is -0.307. The van der Waals surface area contributed by atoms with Gasteiger partial charge in [-0.25, -0.2) is 0 Å². The number of aliphatic imine (C=N–C) groups is 2. The highest BCUT2D eigenvalue weighted by atomic mass is 19.3. The molecule has 0 fully saturated rings. The summed E-state index contributed by atoms with van der Waals surface area (Å²) >= 11 is 0. The predicted octanol–water partition coefficient (Wildman–Crippen LogP) is 8.36. The lowest BCUT2D eigenvalue weighted by Gasteiger charge is -2.10. The summed E-state index contributed by atoms with van der Waals surface area (Å²) in [6, 6.07) is 13.3. The van der Waals surface area contributed by atoms with E-state index in [1.807, 2.05) is 52.0 Å². The molecule has 2 rings (SSSR count). The van der Waals surface area contributed by atoms with Gasteiger partial charge >= 0.3 is 6.43 Å². The van der Waals surface area contributed by atoms with Crippen LogP contribution < -0.4 is 0 Å². The topological polar surface area (TPSA) is 51.0 Å². The molecular formula is C30H42F2N2O2. The Morgan fingerprint density at radius 3 is 1.81 bits per heavy atom. The first-order valence-electron chi connectivity index (χ1n) is 11.9. The van der Waals surface area contributed by atoms with E-state index in [9.17, 15) is 13.6 Å². The van der Waals surface area contributed by atoms with Crippen LogP contribution >= 0.6 is 0 Å². The van der Waals surface area contributed by atoms with Gasteiger partial charge in [0, 0.05) is 25.2 Å². The molecule has 0 radical (unpaired) electrons. The summed E-state index contributed by atoms with van der Waals surface area (Å²) < 4.78 is 29.7. The van der Waals surface area contributed by atoms with Gasteiger partial charge in [-0.2, -0.15) is 8.78 Å². The molecule has 0 saturated carbocycles. The third-order valence-corrected chi connectivity index (χ3v) is 4.68. The lowest BCUT2D eigenvalue weighted by atomic mass is 9.97. The van der Waals surface area contributed by atoms with Gasteiger partial charge in [-0.1, -0.05) is 88.9 Å². The van der Waals surface area contributed by atoms with Gasteiger partial charge in [0.2, 0.25) is 0 Å².